The zero-order valence-corrected chi connectivity index (χ0v) is 8.16. The summed E-state index contributed by atoms with van der Waals surface area (Å²) in [6.07, 6.45) is 0. The van der Waals surface area contributed by atoms with Crippen molar-refractivity contribution in [2.24, 2.45) is 5.73 Å². The summed E-state index contributed by atoms with van der Waals surface area (Å²) in [6, 6.07) is 0. The first kappa shape index (κ1) is 23.3. The van der Waals surface area contributed by atoms with Gasteiger partial charge in [0.05, 0.1) is 0 Å². The van der Waals surface area contributed by atoms with Crippen LogP contribution in [0.25, 0.3) is 0 Å². The first-order valence-corrected chi connectivity index (χ1v) is 1.51. The average Bonchev–Trinajstić information content (AvgIpc) is 1.41. The summed E-state index contributed by atoms with van der Waals surface area (Å²) in [5.41, 5.74) is 4.50. The Balaban J connectivity index is -0.00000000990. The Morgan fingerprint density at radius 3 is 1.62 bits per heavy atom. The quantitative estimate of drug-likeness (QED) is 0.368. The zero-order chi connectivity index (χ0) is 5.58. The van der Waals surface area contributed by atoms with Crippen molar-refractivity contribution in [1.82, 2.24) is 0 Å². The molecule has 0 fully saturated rings. The number of carboxylic acid groups (broad SMARTS) is 1. The van der Waals surface area contributed by atoms with E-state index < -0.39 is 5.97 Å². The van der Waals surface area contributed by atoms with Crippen molar-refractivity contribution in [3.63, 3.8) is 0 Å². The van der Waals surface area contributed by atoms with E-state index in [0.29, 0.717) is 0 Å². The van der Waals surface area contributed by atoms with E-state index in [0.717, 1.165) is 6.92 Å². The van der Waals surface area contributed by atoms with Crippen LogP contribution in [0.15, 0.2) is 0 Å². The summed E-state index contributed by atoms with van der Waals surface area (Å²) in [6.45, 7) is 1.08. The molecule has 0 radical (unpaired) electrons. The molecule has 0 heterocycles. The predicted molar refractivity (Wildman–Crippen MR) is 31.8 cm³/mol. The summed E-state index contributed by atoms with van der Waals surface area (Å²) < 4.78 is 0. The van der Waals surface area contributed by atoms with Gasteiger partial charge < -0.3 is 12.3 Å². The van der Waals surface area contributed by atoms with Crippen LogP contribution in [0.1, 0.15) is 8.35 Å². The molecule has 0 atom stereocenters. The molecule has 0 aromatic carbocycles. The van der Waals surface area contributed by atoms with Crippen molar-refractivity contribution in [1.29, 1.82) is 0 Å². The fourth-order valence-corrected chi connectivity index (χ4v) is 0. The van der Waals surface area contributed by atoms with Gasteiger partial charge in [-0.05, 0) is 7.05 Å². The minimum atomic E-state index is -0.833. The third kappa shape index (κ3) is 424. The van der Waals surface area contributed by atoms with E-state index >= 15 is 0 Å². The number of hydrogen-bond acceptors (Lipinski definition) is 2. The van der Waals surface area contributed by atoms with E-state index in [1.807, 2.05) is 0 Å². The van der Waals surface area contributed by atoms with E-state index in [4.69, 9.17) is 9.90 Å². The van der Waals surface area contributed by atoms with Crippen molar-refractivity contribution in [3.8, 4) is 0 Å². The van der Waals surface area contributed by atoms with Gasteiger partial charge in [-0.15, -0.1) is 12.4 Å². The van der Waals surface area contributed by atoms with Crippen molar-refractivity contribution in [3.05, 3.63) is 0 Å². The number of rotatable bonds is 0. The van der Waals surface area contributed by atoms with Crippen LogP contribution in [0.5, 0.6) is 0 Å². The van der Waals surface area contributed by atoms with Gasteiger partial charge in [0.25, 0.3) is 5.97 Å². The largest absolute Gasteiger partial charge is 1.00 e. The Hall–Kier alpha value is 0.720. The second kappa shape index (κ2) is 25.2. The number of hydrogen-bond donors (Lipinski definition) is 2. The summed E-state index contributed by atoms with van der Waals surface area (Å²) in [5, 5.41) is 7.42. The topological polar surface area (TPSA) is 63.3 Å². The SMILES string of the molecule is CC(=O)O.CN.Cl.[H-].[Na+]. The minimum absolute atomic E-state index is 0. The summed E-state index contributed by atoms with van der Waals surface area (Å²) >= 11 is 0. The molecule has 0 aromatic heterocycles. The van der Waals surface area contributed by atoms with Crippen LogP contribution >= 0.6 is 12.4 Å². The Bertz CT molecular complexity index is 44.8. The molecule has 0 unspecified atom stereocenters. The molecule has 3 N–H and O–H groups in total. The molecule has 0 aliphatic carbocycles. The molecule has 0 aliphatic rings. The molecule has 0 amide bonds. The Kier molecular flexibility index (Phi) is 73.5. The van der Waals surface area contributed by atoms with Crippen LogP contribution in [-0.2, 0) is 4.79 Å². The molecule has 3 nitrogen and oxygen atoms in total. The van der Waals surface area contributed by atoms with E-state index in [1.165, 1.54) is 7.05 Å². The van der Waals surface area contributed by atoms with Gasteiger partial charge in [0, 0.05) is 6.92 Å². The fraction of sp³-hybridized carbons (Fsp3) is 0.667. The third-order valence-corrected chi connectivity index (χ3v) is 0. The van der Waals surface area contributed by atoms with Gasteiger partial charge in [-0.3, -0.25) is 4.79 Å². The second-order valence-corrected chi connectivity index (χ2v) is 0.519. The summed E-state index contributed by atoms with van der Waals surface area (Å²) in [7, 11) is 1.50. The average molecular weight is 152 g/mol. The van der Waals surface area contributed by atoms with Crippen molar-refractivity contribution in [2.75, 3.05) is 7.05 Å². The summed E-state index contributed by atoms with van der Waals surface area (Å²) in [4.78, 5) is 9.00. The minimum Gasteiger partial charge on any atom is -1.00 e. The van der Waals surface area contributed by atoms with Crippen LogP contribution in [0.3, 0.4) is 0 Å². The van der Waals surface area contributed by atoms with Gasteiger partial charge in [0.2, 0.25) is 0 Å². The molecule has 0 aromatic rings. The van der Waals surface area contributed by atoms with Gasteiger partial charge in [-0.1, -0.05) is 0 Å². The molecule has 0 saturated carbocycles. The van der Waals surface area contributed by atoms with Crippen molar-refractivity contribution in [2.45, 2.75) is 6.92 Å². The normalized spacial score (nSPS) is 3.88. The van der Waals surface area contributed by atoms with Gasteiger partial charge in [-0.2, -0.15) is 0 Å². The first-order chi connectivity index (χ1) is 2.73. The van der Waals surface area contributed by atoms with Crippen LogP contribution in [0.2, 0.25) is 0 Å². The molecule has 0 bridgehead atoms. The van der Waals surface area contributed by atoms with E-state index in [2.05, 4.69) is 5.73 Å². The van der Waals surface area contributed by atoms with Crippen LogP contribution in [0.4, 0.5) is 0 Å². The third-order valence-electron chi connectivity index (χ3n) is 0. The molecule has 0 rings (SSSR count). The first-order valence-electron chi connectivity index (χ1n) is 1.51. The fourth-order valence-electron chi connectivity index (χ4n) is 0. The molecule has 5 heteroatoms. The van der Waals surface area contributed by atoms with Gasteiger partial charge in [-0.25, -0.2) is 0 Å². The Labute approximate surface area is 78.8 Å². The maximum atomic E-state index is 9.00. The number of halogens is 1. The van der Waals surface area contributed by atoms with Crippen molar-refractivity contribution < 1.29 is 40.9 Å². The number of carbonyl (C=O) groups is 1. The summed E-state index contributed by atoms with van der Waals surface area (Å²) in [5.74, 6) is -0.833. The van der Waals surface area contributed by atoms with E-state index in [-0.39, 0.29) is 43.4 Å². The molecule has 48 valence electrons. The molecule has 8 heavy (non-hydrogen) atoms. The molecule has 0 saturated heterocycles. The standard InChI is InChI=1S/C2H4O2.CH5N.ClH.Na.H/c1-2(3)4;1-2;;;/h1H3,(H,3,4);2H2,1H3;1H;;/q;;;+1;-1. The molecule has 0 spiro atoms. The maximum absolute atomic E-state index is 9.00. The molecular formula is C3H11ClNNaO2. The van der Waals surface area contributed by atoms with Crippen LogP contribution in [-0.4, -0.2) is 18.1 Å². The maximum Gasteiger partial charge on any atom is 1.00 e. The zero-order valence-electron chi connectivity index (χ0n) is 6.34. The van der Waals surface area contributed by atoms with Gasteiger partial charge >= 0.3 is 29.6 Å². The van der Waals surface area contributed by atoms with Gasteiger partial charge in [0.1, 0.15) is 0 Å². The molecule has 0 aliphatic heterocycles. The van der Waals surface area contributed by atoms with Crippen molar-refractivity contribution >= 4 is 18.4 Å². The monoisotopic (exact) mass is 151 g/mol. The molecular weight excluding hydrogens is 140 g/mol. The van der Waals surface area contributed by atoms with Crippen LogP contribution < -0.4 is 35.3 Å². The van der Waals surface area contributed by atoms with Gasteiger partial charge in [0.15, 0.2) is 0 Å². The van der Waals surface area contributed by atoms with E-state index in [9.17, 15) is 0 Å². The second-order valence-electron chi connectivity index (χ2n) is 0.519. The number of aliphatic carboxylic acids is 1. The predicted octanol–water partition coefficient (Wildman–Crippen LogP) is -2.80. The van der Waals surface area contributed by atoms with Crippen LogP contribution in [0, 0.1) is 0 Å². The Morgan fingerprint density at radius 1 is 1.62 bits per heavy atom. The number of carboxylic acids is 1. The van der Waals surface area contributed by atoms with E-state index in [1.54, 1.807) is 0 Å². The smallest absolute Gasteiger partial charge is 1.00 e. The Morgan fingerprint density at radius 2 is 1.62 bits per heavy atom. The number of nitrogens with two attached hydrogens (primary N) is 1.